The van der Waals surface area contributed by atoms with E-state index in [0.717, 1.165) is 5.69 Å². The van der Waals surface area contributed by atoms with Gasteiger partial charge in [0.15, 0.2) is 0 Å². The van der Waals surface area contributed by atoms with Crippen LogP contribution in [0.4, 0.5) is 11.4 Å². The van der Waals surface area contributed by atoms with E-state index in [1.807, 2.05) is 0 Å². The standard InChI is InChI=1S/C11H9N2O2/c14-10-6-5-9-11(15)12-7-3-1-2-4-8(7)13(9)10/h1,3-4,9H,5-6H2,(H,12,15). The minimum atomic E-state index is -0.319. The quantitative estimate of drug-likeness (QED) is 0.679. The summed E-state index contributed by atoms with van der Waals surface area (Å²) in [5.41, 5.74) is 1.47. The Hall–Kier alpha value is -1.84. The van der Waals surface area contributed by atoms with E-state index in [9.17, 15) is 9.59 Å². The Labute approximate surface area is 86.9 Å². The van der Waals surface area contributed by atoms with Gasteiger partial charge in [0.2, 0.25) is 11.8 Å². The van der Waals surface area contributed by atoms with Gasteiger partial charge in [-0.25, -0.2) is 0 Å². The molecule has 2 amide bonds. The lowest BCUT2D eigenvalue weighted by Gasteiger charge is -2.31. The highest BCUT2D eigenvalue weighted by molar-refractivity contribution is 6.13. The summed E-state index contributed by atoms with van der Waals surface area (Å²) in [6, 6.07) is 7.83. The molecule has 0 aliphatic carbocycles. The molecule has 1 radical (unpaired) electrons. The first-order chi connectivity index (χ1) is 7.27. The molecular weight excluding hydrogens is 192 g/mol. The van der Waals surface area contributed by atoms with E-state index in [1.165, 1.54) is 0 Å². The fraction of sp³-hybridized carbons (Fsp3) is 0.273. The van der Waals surface area contributed by atoms with Gasteiger partial charge in [0.25, 0.3) is 0 Å². The van der Waals surface area contributed by atoms with Gasteiger partial charge in [0.05, 0.1) is 11.4 Å². The zero-order valence-corrected chi connectivity index (χ0v) is 7.99. The van der Waals surface area contributed by atoms with E-state index in [2.05, 4.69) is 11.4 Å². The highest BCUT2D eigenvalue weighted by Gasteiger charge is 2.41. The lowest BCUT2D eigenvalue weighted by Crippen LogP contribution is -2.45. The van der Waals surface area contributed by atoms with Crippen LogP contribution in [-0.4, -0.2) is 17.9 Å². The van der Waals surface area contributed by atoms with Gasteiger partial charge in [-0.1, -0.05) is 6.07 Å². The molecule has 75 valence electrons. The third-order valence-electron chi connectivity index (χ3n) is 2.87. The normalized spacial score (nSPS) is 23.5. The molecule has 1 atom stereocenters. The first kappa shape index (κ1) is 8.47. The van der Waals surface area contributed by atoms with Gasteiger partial charge >= 0.3 is 0 Å². The van der Waals surface area contributed by atoms with Crippen molar-refractivity contribution in [3.05, 3.63) is 24.3 Å². The molecule has 4 heteroatoms. The summed E-state index contributed by atoms with van der Waals surface area (Å²) >= 11 is 0. The Morgan fingerprint density at radius 2 is 2.33 bits per heavy atom. The van der Waals surface area contributed by atoms with Gasteiger partial charge in [0, 0.05) is 6.42 Å². The number of carbonyl (C=O) groups is 2. The molecule has 1 aromatic rings. The summed E-state index contributed by atoms with van der Waals surface area (Å²) in [6.07, 6.45) is 1.06. The molecule has 0 spiro atoms. The Bertz CT molecular complexity index is 456. The number of benzene rings is 1. The predicted octanol–water partition coefficient (Wildman–Crippen LogP) is 0.934. The van der Waals surface area contributed by atoms with Crippen molar-refractivity contribution < 1.29 is 9.59 Å². The zero-order valence-electron chi connectivity index (χ0n) is 7.99. The van der Waals surface area contributed by atoms with Crippen molar-refractivity contribution in [1.29, 1.82) is 0 Å². The van der Waals surface area contributed by atoms with Crippen molar-refractivity contribution in [2.75, 3.05) is 10.2 Å². The largest absolute Gasteiger partial charge is 0.322 e. The molecule has 1 unspecified atom stereocenters. The number of hydrogen-bond donors (Lipinski definition) is 1. The molecule has 2 aliphatic heterocycles. The van der Waals surface area contributed by atoms with E-state index < -0.39 is 0 Å². The van der Waals surface area contributed by atoms with E-state index in [1.54, 1.807) is 23.1 Å². The predicted molar refractivity (Wildman–Crippen MR) is 54.4 cm³/mol. The Morgan fingerprint density at radius 1 is 1.47 bits per heavy atom. The van der Waals surface area contributed by atoms with E-state index >= 15 is 0 Å². The Balaban J connectivity index is 2.16. The van der Waals surface area contributed by atoms with E-state index in [4.69, 9.17) is 0 Å². The summed E-state index contributed by atoms with van der Waals surface area (Å²) in [5.74, 6) is -0.0600. The number of fused-ring (bicyclic) bond motifs is 3. The van der Waals surface area contributed by atoms with Crippen LogP contribution in [0.2, 0.25) is 0 Å². The second-order valence-electron chi connectivity index (χ2n) is 3.75. The Kier molecular flexibility index (Phi) is 1.59. The van der Waals surface area contributed by atoms with Crippen LogP contribution in [0.3, 0.4) is 0 Å². The minimum Gasteiger partial charge on any atom is -0.322 e. The number of anilines is 2. The van der Waals surface area contributed by atoms with Gasteiger partial charge in [-0.15, -0.1) is 0 Å². The van der Waals surface area contributed by atoms with Gasteiger partial charge in [-0.3, -0.25) is 14.5 Å². The molecular formula is C11H9N2O2. The number of rotatable bonds is 0. The van der Waals surface area contributed by atoms with Crippen LogP contribution < -0.4 is 10.2 Å². The number of carbonyl (C=O) groups excluding carboxylic acids is 2. The molecule has 0 saturated carbocycles. The second kappa shape index (κ2) is 2.82. The summed E-state index contributed by atoms with van der Waals surface area (Å²) in [4.78, 5) is 24.9. The van der Waals surface area contributed by atoms with Crippen LogP contribution in [0.1, 0.15) is 12.8 Å². The van der Waals surface area contributed by atoms with Crippen LogP contribution in [0.5, 0.6) is 0 Å². The maximum Gasteiger partial charge on any atom is 0.247 e. The fourth-order valence-corrected chi connectivity index (χ4v) is 2.18. The number of nitrogens with zero attached hydrogens (tertiary/aromatic N) is 1. The van der Waals surface area contributed by atoms with Gasteiger partial charge in [-0.05, 0) is 24.6 Å². The number of nitrogens with one attached hydrogen (secondary N) is 1. The molecule has 1 fully saturated rings. The van der Waals surface area contributed by atoms with Gasteiger partial charge in [0.1, 0.15) is 6.04 Å². The first-order valence-electron chi connectivity index (χ1n) is 4.90. The van der Waals surface area contributed by atoms with Crippen molar-refractivity contribution >= 4 is 23.2 Å². The average Bonchev–Trinajstić information content (AvgIpc) is 2.62. The third kappa shape index (κ3) is 1.08. The first-order valence-corrected chi connectivity index (χ1v) is 4.90. The highest BCUT2D eigenvalue weighted by atomic mass is 16.2. The summed E-state index contributed by atoms with van der Waals surface area (Å²) in [7, 11) is 0. The van der Waals surface area contributed by atoms with E-state index in [-0.39, 0.29) is 17.9 Å². The van der Waals surface area contributed by atoms with Crippen molar-refractivity contribution in [2.45, 2.75) is 18.9 Å². The van der Waals surface area contributed by atoms with E-state index in [0.29, 0.717) is 18.5 Å². The molecule has 15 heavy (non-hydrogen) atoms. The second-order valence-corrected chi connectivity index (χ2v) is 3.75. The molecule has 1 aromatic carbocycles. The van der Waals surface area contributed by atoms with Crippen LogP contribution >= 0.6 is 0 Å². The maximum atomic E-state index is 11.7. The molecule has 1 saturated heterocycles. The van der Waals surface area contributed by atoms with Crippen molar-refractivity contribution in [3.8, 4) is 0 Å². The van der Waals surface area contributed by atoms with Crippen LogP contribution in [-0.2, 0) is 9.59 Å². The summed E-state index contributed by atoms with van der Waals surface area (Å²) < 4.78 is 0. The van der Waals surface area contributed by atoms with Crippen molar-refractivity contribution in [3.63, 3.8) is 0 Å². The summed E-state index contributed by atoms with van der Waals surface area (Å²) in [6.45, 7) is 0. The molecule has 1 N–H and O–H groups in total. The molecule has 2 aliphatic rings. The molecule has 3 rings (SSSR count). The van der Waals surface area contributed by atoms with Crippen LogP contribution in [0.25, 0.3) is 0 Å². The number of hydrogen-bond acceptors (Lipinski definition) is 2. The SMILES string of the molecule is O=C1Nc2cc[c]cc2N2C(=O)CCC12. The lowest BCUT2D eigenvalue weighted by atomic mass is 10.1. The third-order valence-corrected chi connectivity index (χ3v) is 2.87. The van der Waals surface area contributed by atoms with Crippen LogP contribution in [0, 0.1) is 6.07 Å². The van der Waals surface area contributed by atoms with Crippen molar-refractivity contribution in [2.24, 2.45) is 0 Å². The molecule has 2 heterocycles. The zero-order chi connectivity index (χ0) is 10.4. The Morgan fingerprint density at radius 3 is 3.20 bits per heavy atom. The van der Waals surface area contributed by atoms with Crippen LogP contribution in [0.15, 0.2) is 18.2 Å². The average molecular weight is 201 g/mol. The van der Waals surface area contributed by atoms with Gasteiger partial charge in [-0.2, -0.15) is 0 Å². The van der Waals surface area contributed by atoms with Crippen molar-refractivity contribution in [1.82, 2.24) is 0 Å². The molecule has 4 nitrogen and oxygen atoms in total. The molecule has 0 aromatic heterocycles. The summed E-state index contributed by atoms with van der Waals surface area (Å²) in [5, 5.41) is 2.80. The topological polar surface area (TPSA) is 49.4 Å². The monoisotopic (exact) mass is 201 g/mol. The fourth-order valence-electron chi connectivity index (χ4n) is 2.18. The van der Waals surface area contributed by atoms with Gasteiger partial charge < -0.3 is 5.32 Å². The molecule has 0 bridgehead atoms. The smallest absolute Gasteiger partial charge is 0.247 e. The minimum absolute atomic E-state index is 0.0238. The number of amides is 2. The lowest BCUT2D eigenvalue weighted by molar-refractivity contribution is -0.120. The maximum absolute atomic E-state index is 11.7. The highest BCUT2D eigenvalue weighted by Crippen LogP contribution is 2.36.